The van der Waals surface area contributed by atoms with Crippen molar-refractivity contribution >= 4 is 11.7 Å². The van der Waals surface area contributed by atoms with Gasteiger partial charge in [0, 0.05) is 23.9 Å². The highest BCUT2D eigenvalue weighted by molar-refractivity contribution is 5.92. The second-order valence-electron chi connectivity index (χ2n) is 8.84. The van der Waals surface area contributed by atoms with E-state index < -0.39 is 6.04 Å². The summed E-state index contributed by atoms with van der Waals surface area (Å²) in [4.78, 5) is 25.4. The molecule has 160 valence electrons. The molecule has 1 amide bonds. The molecule has 2 unspecified atom stereocenters. The number of carbonyl (C=O) groups is 2. The largest absolute Gasteiger partial charge is 0.508 e. The molecule has 4 atom stereocenters. The Morgan fingerprint density at radius 3 is 2.63 bits per heavy atom. The quantitative estimate of drug-likeness (QED) is 0.645. The van der Waals surface area contributed by atoms with Crippen molar-refractivity contribution in [3.8, 4) is 5.75 Å². The molecule has 2 aromatic rings. The van der Waals surface area contributed by atoms with Crippen LogP contribution in [0.15, 0.2) is 34.9 Å². The van der Waals surface area contributed by atoms with E-state index >= 15 is 0 Å². The van der Waals surface area contributed by atoms with Gasteiger partial charge in [-0.15, -0.1) is 0 Å². The summed E-state index contributed by atoms with van der Waals surface area (Å²) in [5.74, 6) is 1.36. The number of carbonyl (C=O) groups excluding carboxylic acids is 2. The van der Waals surface area contributed by atoms with Crippen LogP contribution in [0.1, 0.15) is 66.8 Å². The van der Waals surface area contributed by atoms with Crippen LogP contribution in [0, 0.1) is 11.8 Å². The molecule has 30 heavy (non-hydrogen) atoms. The predicted molar refractivity (Wildman–Crippen MR) is 111 cm³/mol. The molecule has 0 aliphatic heterocycles. The van der Waals surface area contributed by atoms with Crippen molar-refractivity contribution in [1.29, 1.82) is 0 Å². The van der Waals surface area contributed by atoms with E-state index in [0.29, 0.717) is 30.9 Å². The minimum Gasteiger partial charge on any atom is -0.508 e. The molecular weight excluding hydrogens is 382 g/mol. The number of nitrogens with zero attached hydrogens (tertiary/aromatic N) is 1. The Kier molecular flexibility index (Phi) is 5.90. The minimum atomic E-state index is -0.561. The van der Waals surface area contributed by atoms with E-state index in [1.165, 1.54) is 0 Å². The zero-order valence-corrected chi connectivity index (χ0v) is 17.2. The van der Waals surface area contributed by atoms with Crippen molar-refractivity contribution in [3.05, 3.63) is 47.3 Å². The van der Waals surface area contributed by atoms with Crippen LogP contribution in [0.4, 0.5) is 0 Å². The van der Waals surface area contributed by atoms with Crippen LogP contribution < -0.4 is 11.1 Å². The predicted octanol–water partition coefficient (Wildman–Crippen LogP) is 2.93. The van der Waals surface area contributed by atoms with E-state index in [1.807, 2.05) is 0 Å². The van der Waals surface area contributed by atoms with Crippen LogP contribution in [0.5, 0.6) is 5.75 Å². The molecule has 4 N–H and O–H groups in total. The number of phenols is 1. The van der Waals surface area contributed by atoms with Crippen LogP contribution in [0.2, 0.25) is 0 Å². The molecule has 2 aliphatic carbocycles. The van der Waals surface area contributed by atoms with Gasteiger partial charge in [0.15, 0.2) is 11.5 Å². The normalized spacial score (nSPS) is 24.9. The number of ketones is 1. The lowest BCUT2D eigenvalue weighted by atomic mass is 9.75. The van der Waals surface area contributed by atoms with Crippen molar-refractivity contribution in [2.24, 2.45) is 17.6 Å². The molecule has 0 spiro atoms. The molecule has 7 heteroatoms. The van der Waals surface area contributed by atoms with Crippen molar-refractivity contribution in [2.75, 3.05) is 0 Å². The Bertz CT molecular complexity index is 903. The molecule has 0 bridgehead atoms. The second kappa shape index (κ2) is 8.60. The number of rotatable bonds is 7. The summed E-state index contributed by atoms with van der Waals surface area (Å²) >= 11 is 0. The van der Waals surface area contributed by atoms with Crippen molar-refractivity contribution in [1.82, 2.24) is 10.5 Å². The Morgan fingerprint density at radius 1 is 1.23 bits per heavy atom. The Hall–Kier alpha value is -2.67. The van der Waals surface area contributed by atoms with Gasteiger partial charge in [-0.2, -0.15) is 0 Å². The fourth-order valence-corrected chi connectivity index (χ4v) is 4.36. The summed E-state index contributed by atoms with van der Waals surface area (Å²) in [5, 5.41) is 16.4. The summed E-state index contributed by atoms with van der Waals surface area (Å²) < 4.78 is 5.27. The summed E-state index contributed by atoms with van der Waals surface area (Å²) in [5.41, 5.74) is 7.45. The lowest BCUT2D eigenvalue weighted by molar-refractivity contribution is -0.125. The summed E-state index contributed by atoms with van der Waals surface area (Å²) in [7, 11) is 0. The standard InChI is InChI=1S/C23H29N3O4/c1-13-10-16(22(28)18(24)11-14-2-7-17(27)8-3-14)6-9-19(13)25-23(29)20-12-21(30-26-20)15-4-5-15/h2-3,7-8,12-13,15-16,18-19,27H,4-6,9-11,24H2,1H3,(H,25,29)/t13-,16?,18-,19?/m0/s1. The van der Waals surface area contributed by atoms with Gasteiger partial charge in [0.05, 0.1) is 6.04 Å². The first kappa shape index (κ1) is 20.6. The molecule has 0 radical (unpaired) electrons. The van der Waals surface area contributed by atoms with Crippen molar-refractivity contribution in [3.63, 3.8) is 0 Å². The summed E-state index contributed by atoms with van der Waals surface area (Å²) in [6.07, 6.45) is 4.81. The van der Waals surface area contributed by atoms with Crippen LogP contribution in [-0.2, 0) is 11.2 Å². The third-order valence-electron chi connectivity index (χ3n) is 6.39. The SMILES string of the molecule is C[C@H]1CC(C(=O)[C@@H](N)Cc2ccc(O)cc2)CCC1NC(=O)c1cc(C2CC2)on1. The number of aromatic nitrogens is 1. The number of amides is 1. The number of benzene rings is 1. The van der Waals surface area contributed by atoms with Crippen LogP contribution in [-0.4, -0.2) is 34.0 Å². The van der Waals surface area contributed by atoms with Gasteiger partial charge in [-0.1, -0.05) is 24.2 Å². The number of phenolic OH excluding ortho intramolecular Hbond substituents is 1. The van der Waals surface area contributed by atoms with E-state index in [9.17, 15) is 14.7 Å². The molecule has 2 saturated carbocycles. The van der Waals surface area contributed by atoms with Crippen molar-refractivity contribution in [2.45, 2.75) is 63.5 Å². The fourth-order valence-electron chi connectivity index (χ4n) is 4.36. The highest BCUT2D eigenvalue weighted by Crippen LogP contribution is 2.40. The van der Waals surface area contributed by atoms with Gasteiger partial charge in [0.1, 0.15) is 11.5 Å². The van der Waals surface area contributed by atoms with Gasteiger partial charge in [0.2, 0.25) is 0 Å². The van der Waals surface area contributed by atoms with Crippen LogP contribution in [0.3, 0.4) is 0 Å². The smallest absolute Gasteiger partial charge is 0.273 e. The minimum absolute atomic E-state index is 0.0101. The first-order valence-electron chi connectivity index (χ1n) is 10.8. The Morgan fingerprint density at radius 2 is 1.97 bits per heavy atom. The Balaban J connectivity index is 1.28. The third kappa shape index (κ3) is 4.73. The molecule has 1 aromatic carbocycles. The van der Waals surface area contributed by atoms with Gasteiger partial charge in [-0.25, -0.2) is 0 Å². The molecule has 0 saturated heterocycles. The molecule has 4 rings (SSSR count). The van der Waals surface area contributed by atoms with E-state index in [1.54, 1.807) is 30.3 Å². The molecule has 1 heterocycles. The highest BCUT2D eigenvalue weighted by Gasteiger charge is 2.35. The number of hydrogen-bond donors (Lipinski definition) is 3. The second-order valence-corrected chi connectivity index (χ2v) is 8.84. The number of nitrogens with one attached hydrogen (secondary N) is 1. The number of Topliss-reactive ketones (excluding diaryl/α,β-unsaturated/α-hetero) is 1. The fraction of sp³-hybridized carbons (Fsp3) is 0.522. The summed E-state index contributed by atoms with van der Waals surface area (Å²) in [6, 6.07) is 7.97. The number of nitrogens with two attached hydrogens (primary N) is 1. The van der Waals surface area contributed by atoms with Crippen LogP contribution in [0.25, 0.3) is 0 Å². The molecule has 7 nitrogen and oxygen atoms in total. The molecule has 2 fully saturated rings. The zero-order chi connectivity index (χ0) is 21.3. The first-order valence-corrected chi connectivity index (χ1v) is 10.8. The van der Waals surface area contributed by atoms with Gasteiger partial charge in [-0.3, -0.25) is 9.59 Å². The third-order valence-corrected chi connectivity index (χ3v) is 6.39. The average molecular weight is 412 g/mol. The molecular formula is C23H29N3O4. The first-order chi connectivity index (χ1) is 14.4. The van der Waals surface area contributed by atoms with Crippen molar-refractivity contribution < 1.29 is 19.2 Å². The maximum absolute atomic E-state index is 12.9. The molecule has 2 aliphatic rings. The lowest BCUT2D eigenvalue weighted by Crippen LogP contribution is -2.46. The molecule has 1 aromatic heterocycles. The monoisotopic (exact) mass is 411 g/mol. The maximum Gasteiger partial charge on any atom is 0.273 e. The summed E-state index contributed by atoms with van der Waals surface area (Å²) in [6.45, 7) is 2.06. The topological polar surface area (TPSA) is 118 Å². The van der Waals surface area contributed by atoms with Gasteiger partial charge in [0.25, 0.3) is 5.91 Å². The van der Waals surface area contributed by atoms with E-state index in [2.05, 4.69) is 17.4 Å². The van der Waals surface area contributed by atoms with E-state index in [-0.39, 0.29) is 35.3 Å². The van der Waals surface area contributed by atoms with E-state index in [0.717, 1.165) is 30.6 Å². The van der Waals surface area contributed by atoms with E-state index in [4.69, 9.17) is 10.3 Å². The Labute approximate surface area is 176 Å². The van der Waals surface area contributed by atoms with Crippen LogP contribution >= 0.6 is 0 Å². The van der Waals surface area contributed by atoms with Gasteiger partial charge >= 0.3 is 0 Å². The average Bonchev–Trinajstić information content (AvgIpc) is 3.47. The van der Waals surface area contributed by atoms with Gasteiger partial charge in [-0.05, 0) is 62.1 Å². The number of hydrogen-bond acceptors (Lipinski definition) is 6. The van der Waals surface area contributed by atoms with Gasteiger partial charge < -0.3 is 20.7 Å². The maximum atomic E-state index is 12.9. The highest BCUT2D eigenvalue weighted by atomic mass is 16.5. The zero-order valence-electron chi connectivity index (χ0n) is 17.2. The lowest BCUT2D eigenvalue weighted by Gasteiger charge is -2.34. The number of aromatic hydroxyl groups is 1.